The van der Waals surface area contributed by atoms with E-state index >= 15 is 0 Å². The van der Waals surface area contributed by atoms with E-state index in [1.54, 1.807) is 6.07 Å². The first-order valence-electron chi connectivity index (χ1n) is 5.68. The van der Waals surface area contributed by atoms with Crippen LogP contribution in [-0.4, -0.2) is 36.5 Å². The maximum atomic E-state index is 13.0. The van der Waals surface area contributed by atoms with Crippen LogP contribution in [0.3, 0.4) is 0 Å². The minimum absolute atomic E-state index is 0.0236. The van der Waals surface area contributed by atoms with E-state index < -0.39 is 30.3 Å². The summed E-state index contributed by atoms with van der Waals surface area (Å²) < 4.78 is 17.4. The summed E-state index contributed by atoms with van der Waals surface area (Å²) in [6, 6.07) is 4.83. The van der Waals surface area contributed by atoms with Crippen LogP contribution in [-0.2, 0) is 14.3 Å². The third kappa shape index (κ3) is 2.82. The van der Waals surface area contributed by atoms with Gasteiger partial charge in [0.05, 0.1) is 7.11 Å². The first-order valence-corrected chi connectivity index (χ1v) is 5.68. The minimum Gasteiger partial charge on any atom is -0.468 e. The van der Waals surface area contributed by atoms with Crippen LogP contribution in [0.4, 0.5) is 9.18 Å². The summed E-state index contributed by atoms with van der Waals surface area (Å²) in [6.45, 7) is -0.471. The van der Waals surface area contributed by atoms with E-state index in [9.17, 15) is 18.8 Å². The summed E-state index contributed by atoms with van der Waals surface area (Å²) in [4.78, 5) is 35.3. The lowest BCUT2D eigenvalue weighted by molar-refractivity contribution is -0.143. The van der Waals surface area contributed by atoms with Crippen molar-refractivity contribution in [2.75, 3.05) is 13.7 Å². The number of rotatable bonds is 3. The Morgan fingerprint density at radius 2 is 2.20 bits per heavy atom. The highest BCUT2D eigenvalue weighted by atomic mass is 19.1. The highest BCUT2D eigenvalue weighted by Crippen LogP contribution is 2.14. The van der Waals surface area contributed by atoms with Gasteiger partial charge >= 0.3 is 12.0 Å². The number of methoxy groups -OCH3 is 1. The summed E-state index contributed by atoms with van der Waals surface area (Å²) in [6.07, 6.45) is 1.33. The van der Waals surface area contributed by atoms with E-state index in [2.05, 4.69) is 10.1 Å². The van der Waals surface area contributed by atoms with E-state index in [-0.39, 0.29) is 5.70 Å². The Morgan fingerprint density at radius 3 is 2.85 bits per heavy atom. The number of benzene rings is 1. The topological polar surface area (TPSA) is 75.7 Å². The zero-order valence-electron chi connectivity index (χ0n) is 10.6. The second-order valence-electron chi connectivity index (χ2n) is 4.01. The van der Waals surface area contributed by atoms with Crippen LogP contribution in [0.1, 0.15) is 5.56 Å². The summed E-state index contributed by atoms with van der Waals surface area (Å²) in [5.74, 6) is -1.83. The minimum atomic E-state index is -0.719. The van der Waals surface area contributed by atoms with Gasteiger partial charge in [-0.1, -0.05) is 12.1 Å². The first-order chi connectivity index (χ1) is 9.51. The van der Waals surface area contributed by atoms with Crippen molar-refractivity contribution in [3.05, 3.63) is 41.3 Å². The molecule has 3 amide bonds. The largest absolute Gasteiger partial charge is 0.468 e. The molecule has 1 N–H and O–H groups in total. The maximum absolute atomic E-state index is 13.0. The molecule has 0 spiro atoms. The molecule has 0 atom stereocenters. The molecule has 0 bridgehead atoms. The molecule has 1 aromatic rings. The van der Waals surface area contributed by atoms with Gasteiger partial charge in [-0.25, -0.2) is 14.1 Å². The van der Waals surface area contributed by atoms with Gasteiger partial charge in [-0.05, 0) is 23.8 Å². The number of amides is 3. The highest BCUT2D eigenvalue weighted by molar-refractivity contribution is 6.15. The number of nitrogens with zero attached hydrogens (tertiary/aromatic N) is 1. The number of imide groups is 1. The standard InChI is InChI=1S/C13H11FN2O4/c1-20-11(17)7-16-12(18)10(15-13(16)19)6-8-3-2-4-9(14)5-8/h2-6H,7H2,1H3,(H,15,19)/b10-6+. The second-order valence-corrected chi connectivity index (χ2v) is 4.01. The van der Waals surface area contributed by atoms with E-state index in [1.165, 1.54) is 24.3 Å². The molecule has 104 valence electrons. The molecule has 0 unspecified atom stereocenters. The molecule has 2 rings (SSSR count). The van der Waals surface area contributed by atoms with Crippen LogP contribution in [0, 0.1) is 5.82 Å². The second kappa shape index (κ2) is 5.52. The maximum Gasteiger partial charge on any atom is 0.329 e. The molecule has 6 nitrogen and oxygen atoms in total. The molecule has 0 saturated carbocycles. The highest BCUT2D eigenvalue weighted by Gasteiger charge is 2.35. The number of esters is 1. The predicted octanol–water partition coefficient (Wildman–Crippen LogP) is 0.891. The quantitative estimate of drug-likeness (QED) is 0.506. The fourth-order valence-electron chi connectivity index (χ4n) is 1.67. The number of nitrogens with one attached hydrogen (secondary N) is 1. The lowest BCUT2D eigenvalue weighted by Crippen LogP contribution is -2.36. The fraction of sp³-hybridized carbons (Fsp3) is 0.154. The molecule has 20 heavy (non-hydrogen) atoms. The molecule has 1 aromatic carbocycles. The van der Waals surface area contributed by atoms with Gasteiger partial charge in [-0.15, -0.1) is 0 Å². The Balaban J connectivity index is 2.21. The lowest BCUT2D eigenvalue weighted by atomic mass is 10.2. The van der Waals surface area contributed by atoms with Gasteiger partial charge in [-0.2, -0.15) is 0 Å². The third-order valence-electron chi connectivity index (χ3n) is 2.64. The van der Waals surface area contributed by atoms with Crippen molar-refractivity contribution in [3.8, 4) is 0 Å². The molecular weight excluding hydrogens is 267 g/mol. The average Bonchev–Trinajstić information content (AvgIpc) is 2.66. The summed E-state index contributed by atoms with van der Waals surface area (Å²) in [5.41, 5.74) is 0.401. The first kappa shape index (κ1) is 13.7. The van der Waals surface area contributed by atoms with Crippen LogP contribution in [0.2, 0.25) is 0 Å². The van der Waals surface area contributed by atoms with Crippen molar-refractivity contribution in [3.63, 3.8) is 0 Å². The summed E-state index contributed by atoms with van der Waals surface area (Å²) in [5, 5.41) is 2.32. The van der Waals surface area contributed by atoms with E-state index in [0.29, 0.717) is 5.56 Å². The third-order valence-corrected chi connectivity index (χ3v) is 2.64. The van der Waals surface area contributed by atoms with Crippen molar-refractivity contribution < 1.29 is 23.5 Å². The average molecular weight is 278 g/mol. The monoisotopic (exact) mass is 278 g/mol. The Kier molecular flexibility index (Phi) is 3.79. The Labute approximate surface area is 113 Å². The molecule has 0 aliphatic carbocycles. The summed E-state index contributed by atoms with van der Waals surface area (Å²) >= 11 is 0. The van der Waals surface area contributed by atoms with E-state index in [0.717, 1.165) is 12.0 Å². The number of hydrogen-bond acceptors (Lipinski definition) is 4. The predicted molar refractivity (Wildman–Crippen MR) is 66.6 cm³/mol. The van der Waals surface area contributed by atoms with Crippen molar-refractivity contribution in [2.24, 2.45) is 0 Å². The molecule has 0 radical (unpaired) electrons. The smallest absolute Gasteiger partial charge is 0.329 e. The van der Waals surface area contributed by atoms with Gasteiger partial charge in [0.2, 0.25) is 0 Å². The number of halogens is 1. The van der Waals surface area contributed by atoms with Crippen molar-refractivity contribution in [1.29, 1.82) is 0 Å². The zero-order valence-corrected chi connectivity index (χ0v) is 10.6. The van der Waals surface area contributed by atoms with Crippen LogP contribution < -0.4 is 5.32 Å². The van der Waals surface area contributed by atoms with Gasteiger partial charge in [0.1, 0.15) is 18.1 Å². The number of carbonyl (C=O) groups excluding carboxylic acids is 3. The van der Waals surface area contributed by atoms with Gasteiger partial charge < -0.3 is 10.1 Å². The molecule has 1 heterocycles. The number of ether oxygens (including phenoxy) is 1. The molecule has 1 saturated heterocycles. The number of hydrogen-bond donors (Lipinski definition) is 1. The van der Waals surface area contributed by atoms with Crippen LogP contribution in [0.15, 0.2) is 30.0 Å². The Morgan fingerprint density at radius 1 is 1.45 bits per heavy atom. The van der Waals surface area contributed by atoms with Crippen LogP contribution >= 0.6 is 0 Å². The molecule has 0 aromatic heterocycles. The van der Waals surface area contributed by atoms with Crippen molar-refractivity contribution >= 4 is 24.0 Å². The Hall–Kier alpha value is -2.70. The lowest BCUT2D eigenvalue weighted by Gasteiger charge is -2.08. The normalized spacial score (nSPS) is 16.5. The molecule has 1 aliphatic heterocycles. The van der Waals surface area contributed by atoms with Crippen molar-refractivity contribution in [1.82, 2.24) is 10.2 Å². The molecular formula is C13H11FN2O4. The molecule has 1 fully saturated rings. The molecule has 1 aliphatic rings. The van der Waals surface area contributed by atoms with Crippen molar-refractivity contribution in [2.45, 2.75) is 0 Å². The number of urea groups is 1. The van der Waals surface area contributed by atoms with Gasteiger partial charge in [0.25, 0.3) is 5.91 Å². The van der Waals surface area contributed by atoms with E-state index in [4.69, 9.17) is 0 Å². The Bertz CT molecular complexity index is 612. The van der Waals surface area contributed by atoms with Crippen LogP contribution in [0.5, 0.6) is 0 Å². The van der Waals surface area contributed by atoms with E-state index in [1.807, 2.05) is 0 Å². The zero-order chi connectivity index (χ0) is 14.7. The fourth-order valence-corrected chi connectivity index (χ4v) is 1.67. The molecule has 7 heteroatoms. The van der Waals surface area contributed by atoms with Gasteiger partial charge in [0.15, 0.2) is 0 Å². The SMILES string of the molecule is COC(=O)CN1C(=O)N/C(=C/c2cccc(F)c2)C1=O. The van der Waals surface area contributed by atoms with Gasteiger partial charge in [-0.3, -0.25) is 9.59 Å². The number of carbonyl (C=O) groups is 3. The van der Waals surface area contributed by atoms with Crippen LogP contribution in [0.25, 0.3) is 6.08 Å². The van der Waals surface area contributed by atoms with Gasteiger partial charge in [0, 0.05) is 0 Å². The summed E-state index contributed by atoms with van der Waals surface area (Å²) in [7, 11) is 1.16.